The SMILES string of the molecule is COc1ccc(C2OCCNC2C)cc1Cl. The minimum atomic E-state index is 0.0668. The first-order valence-electron chi connectivity index (χ1n) is 5.41. The van der Waals surface area contributed by atoms with Crippen LogP contribution in [0.5, 0.6) is 5.75 Å². The smallest absolute Gasteiger partial charge is 0.137 e. The van der Waals surface area contributed by atoms with E-state index in [0.717, 1.165) is 18.7 Å². The number of morpholine rings is 1. The van der Waals surface area contributed by atoms with Gasteiger partial charge < -0.3 is 14.8 Å². The number of benzene rings is 1. The number of hydrogen-bond donors (Lipinski definition) is 1. The molecule has 0 aliphatic carbocycles. The molecule has 1 heterocycles. The molecular formula is C12H16ClNO2. The maximum absolute atomic E-state index is 6.10. The normalized spacial score (nSPS) is 25.4. The molecular weight excluding hydrogens is 226 g/mol. The van der Waals surface area contributed by atoms with Crippen molar-refractivity contribution in [3.8, 4) is 5.75 Å². The van der Waals surface area contributed by atoms with E-state index in [-0.39, 0.29) is 6.10 Å². The number of nitrogens with one attached hydrogen (secondary N) is 1. The van der Waals surface area contributed by atoms with Gasteiger partial charge in [0, 0.05) is 12.6 Å². The lowest BCUT2D eigenvalue weighted by Crippen LogP contribution is -2.41. The minimum Gasteiger partial charge on any atom is -0.495 e. The van der Waals surface area contributed by atoms with Crippen molar-refractivity contribution in [2.75, 3.05) is 20.3 Å². The number of methoxy groups -OCH3 is 1. The Balaban J connectivity index is 2.22. The summed E-state index contributed by atoms with van der Waals surface area (Å²) >= 11 is 6.10. The molecule has 1 aliphatic rings. The molecule has 0 aromatic heterocycles. The summed E-state index contributed by atoms with van der Waals surface area (Å²) in [5.74, 6) is 0.696. The standard InChI is InChI=1S/C12H16ClNO2/c1-8-12(16-6-5-14-8)9-3-4-11(15-2)10(13)7-9/h3-4,7-8,12,14H,5-6H2,1-2H3. The van der Waals surface area contributed by atoms with Crippen LogP contribution in [0.15, 0.2) is 18.2 Å². The molecule has 2 unspecified atom stereocenters. The van der Waals surface area contributed by atoms with E-state index in [0.29, 0.717) is 16.8 Å². The zero-order chi connectivity index (χ0) is 11.5. The maximum atomic E-state index is 6.10. The van der Waals surface area contributed by atoms with Crippen molar-refractivity contribution in [3.05, 3.63) is 28.8 Å². The molecule has 1 aromatic rings. The van der Waals surface area contributed by atoms with E-state index in [1.807, 2.05) is 18.2 Å². The number of ether oxygens (including phenoxy) is 2. The molecule has 4 heteroatoms. The van der Waals surface area contributed by atoms with E-state index >= 15 is 0 Å². The van der Waals surface area contributed by atoms with Crippen molar-refractivity contribution >= 4 is 11.6 Å². The number of halogens is 1. The third kappa shape index (κ3) is 2.32. The highest BCUT2D eigenvalue weighted by molar-refractivity contribution is 6.32. The molecule has 0 saturated carbocycles. The van der Waals surface area contributed by atoms with E-state index in [4.69, 9.17) is 21.1 Å². The Kier molecular flexibility index (Phi) is 3.69. The molecule has 2 atom stereocenters. The van der Waals surface area contributed by atoms with Crippen LogP contribution in [0.2, 0.25) is 5.02 Å². The highest BCUT2D eigenvalue weighted by atomic mass is 35.5. The third-order valence-electron chi connectivity index (χ3n) is 2.82. The van der Waals surface area contributed by atoms with Gasteiger partial charge in [0.05, 0.1) is 24.8 Å². The fraction of sp³-hybridized carbons (Fsp3) is 0.500. The van der Waals surface area contributed by atoms with Crippen LogP contribution in [0.4, 0.5) is 0 Å². The van der Waals surface area contributed by atoms with E-state index in [2.05, 4.69) is 12.2 Å². The van der Waals surface area contributed by atoms with Crippen molar-refractivity contribution in [1.82, 2.24) is 5.32 Å². The van der Waals surface area contributed by atoms with Gasteiger partial charge in [-0.15, -0.1) is 0 Å². The average molecular weight is 242 g/mol. The molecule has 1 aliphatic heterocycles. The first-order chi connectivity index (χ1) is 7.72. The van der Waals surface area contributed by atoms with Crippen LogP contribution < -0.4 is 10.1 Å². The summed E-state index contributed by atoms with van der Waals surface area (Å²) in [6.07, 6.45) is 0.0668. The number of rotatable bonds is 2. The van der Waals surface area contributed by atoms with Crippen molar-refractivity contribution in [2.45, 2.75) is 19.1 Å². The molecule has 3 nitrogen and oxygen atoms in total. The molecule has 0 spiro atoms. The van der Waals surface area contributed by atoms with Gasteiger partial charge in [0.25, 0.3) is 0 Å². The van der Waals surface area contributed by atoms with E-state index < -0.39 is 0 Å². The molecule has 0 radical (unpaired) electrons. The Morgan fingerprint density at radius 3 is 2.94 bits per heavy atom. The van der Waals surface area contributed by atoms with Crippen molar-refractivity contribution < 1.29 is 9.47 Å². The van der Waals surface area contributed by atoms with Crippen LogP contribution >= 0.6 is 11.6 Å². The Hall–Kier alpha value is -0.770. The van der Waals surface area contributed by atoms with E-state index in [1.54, 1.807) is 7.11 Å². The van der Waals surface area contributed by atoms with Gasteiger partial charge in [0.1, 0.15) is 5.75 Å². The Labute approximate surface area is 101 Å². The van der Waals surface area contributed by atoms with Crippen molar-refractivity contribution in [3.63, 3.8) is 0 Å². The van der Waals surface area contributed by atoms with Gasteiger partial charge in [-0.2, -0.15) is 0 Å². The maximum Gasteiger partial charge on any atom is 0.137 e. The van der Waals surface area contributed by atoms with Gasteiger partial charge in [-0.25, -0.2) is 0 Å². The summed E-state index contributed by atoms with van der Waals surface area (Å²) in [5, 5.41) is 4.01. The second-order valence-corrected chi connectivity index (χ2v) is 4.34. The fourth-order valence-electron chi connectivity index (χ4n) is 1.97. The topological polar surface area (TPSA) is 30.5 Å². The summed E-state index contributed by atoms with van der Waals surface area (Å²) in [5.41, 5.74) is 1.09. The summed E-state index contributed by atoms with van der Waals surface area (Å²) < 4.78 is 10.9. The molecule has 0 amide bonds. The quantitative estimate of drug-likeness (QED) is 0.863. The molecule has 1 aromatic carbocycles. The molecule has 16 heavy (non-hydrogen) atoms. The predicted molar refractivity (Wildman–Crippen MR) is 64.2 cm³/mol. The van der Waals surface area contributed by atoms with Crippen LogP contribution in [0.3, 0.4) is 0 Å². The van der Waals surface area contributed by atoms with Crippen LogP contribution in [0.25, 0.3) is 0 Å². The summed E-state index contributed by atoms with van der Waals surface area (Å²) in [7, 11) is 1.61. The lowest BCUT2D eigenvalue weighted by atomic mass is 10.0. The minimum absolute atomic E-state index is 0.0668. The van der Waals surface area contributed by atoms with Gasteiger partial charge in [-0.3, -0.25) is 0 Å². The molecule has 0 bridgehead atoms. The molecule has 2 rings (SSSR count). The largest absolute Gasteiger partial charge is 0.495 e. The van der Waals surface area contributed by atoms with Crippen LogP contribution in [-0.4, -0.2) is 26.3 Å². The predicted octanol–water partition coefficient (Wildman–Crippen LogP) is 2.40. The average Bonchev–Trinajstić information content (AvgIpc) is 2.29. The van der Waals surface area contributed by atoms with E-state index in [9.17, 15) is 0 Å². The Morgan fingerprint density at radius 1 is 1.50 bits per heavy atom. The van der Waals surface area contributed by atoms with Crippen LogP contribution in [0.1, 0.15) is 18.6 Å². The fourth-order valence-corrected chi connectivity index (χ4v) is 2.23. The first kappa shape index (κ1) is 11.7. The van der Waals surface area contributed by atoms with Gasteiger partial charge in [0.2, 0.25) is 0 Å². The molecule has 1 fully saturated rings. The Morgan fingerprint density at radius 2 is 2.31 bits per heavy atom. The highest BCUT2D eigenvalue weighted by Gasteiger charge is 2.23. The molecule has 1 N–H and O–H groups in total. The molecule has 1 saturated heterocycles. The Bertz CT molecular complexity index is 370. The van der Waals surface area contributed by atoms with Crippen molar-refractivity contribution in [2.24, 2.45) is 0 Å². The highest BCUT2D eigenvalue weighted by Crippen LogP contribution is 2.31. The summed E-state index contributed by atoms with van der Waals surface area (Å²) in [4.78, 5) is 0. The van der Waals surface area contributed by atoms with E-state index in [1.165, 1.54) is 0 Å². The zero-order valence-electron chi connectivity index (χ0n) is 9.50. The van der Waals surface area contributed by atoms with Gasteiger partial charge in [-0.05, 0) is 24.6 Å². The van der Waals surface area contributed by atoms with Gasteiger partial charge in [0.15, 0.2) is 0 Å². The van der Waals surface area contributed by atoms with Gasteiger partial charge in [-0.1, -0.05) is 17.7 Å². The lowest BCUT2D eigenvalue weighted by Gasteiger charge is -2.30. The molecule has 88 valence electrons. The number of hydrogen-bond acceptors (Lipinski definition) is 3. The second kappa shape index (κ2) is 5.04. The van der Waals surface area contributed by atoms with Crippen LogP contribution in [-0.2, 0) is 4.74 Å². The monoisotopic (exact) mass is 241 g/mol. The summed E-state index contributed by atoms with van der Waals surface area (Å²) in [6.45, 7) is 3.75. The summed E-state index contributed by atoms with van der Waals surface area (Å²) in [6, 6.07) is 6.09. The second-order valence-electron chi connectivity index (χ2n) is 3.93. The zero-order valence-corrected chi connectivity index (χ0v) is 10.3. The van der Waals surface area contributed by atoms with Gasteiger partial charge >= 0.3 is 0 Å². The first-order valence-corrected chi connectivity index (χ1v) is 5.78. The lowest BCUT2D eigenvalue weighted by molar-refractivity contribution is -0.000239. The van der Waals surface area contributed by atoms with Crippen LogP contribution in [0, 0.1) is 0 Å². The third-order valence-corrected chi connectivity index (χ3v) is 3.12. The van der Waals surface area contributed by atoms with Crippen molar-refractivity contribution in [1.29, 1.82) is 0 Å².